The van der Waals surface area contributed by atoms with Crippen molar-refractivity contribution in [3.63, 3.8) is 0 Å². The highest BCUT2D eigenvalue weighted by Crippen LogP contribution is 2.52. The van der Waals surface area contributed by atoms with E-state index in [1.165, 1.54) is 28.9 Å². The average Bonchev–Trinajstić information content (AvgIpc) is 3.16. The van der Waals surface area contributed by atoms with E-state index in [0.717, 1.165) is 16.4 Å². The Morgan fingerprint density at radius 1 is 1.21 bits per heavy atom. The third kappa shape index (κ3) is 2.26. The number of carbonyl (C=O) groups is 1. The van der Waals surface area contributed by atoms with Crippen molar-refractivity contribution < 1.29 is 23.1 Å². The summed E-state index contributed by atoms with van der Waals surface area (Å²) in [7, 11) is 0. The molecule has 0 radical (unpaired) electrons. The number of benzene rings is 1. The Morgan fingerprint density at radius 2 is 1.92 bits per heavy atom. The van der Waals surface area contributed by atoms with Crippen LogP contribution in [0, 0.1) is 0 Å². The lowest BCUT2D eigenvalue weighted by molar-refractivity contribution is -0.147. The van der Waals surface area contributed by atoms with E-state index in [9.17, 15) is 18.0 Å². The highest BCUT2D eigenvalue weighted by Gasteiger charge is 2.46. The van der Waals surface area contributed by atoms with E-state index in [0.29, 0.717) is 10.6 Å². The second kappa shape index (κ2) is 5.18. The average molecular weight is 372 g/mol. The third-order valence-electron chi connectivity index (χ3n) is 3.47. The molecule has 1 aromatic carbocycles. The molecule has 4 rings (SSSR count). The molecule has 2 aromatic rings. The topological polar surface area (TPSA) is 71.2 Å². The number of alkyl halides is 3. The number of thioether (sulfide) groups is 2. The first-order valence-electron chi connectivity index (χ1n) is 6.55. The SMILES string of the molecule is O=C(O)c1ccc([C@@H]2SC=C3Sc4nnc(C(F)(F)F)n4N32)cc1. The number of halogens is 3. The van der Waals surface area contributed by atoms with Gasteiger partial charge in [0.2, 0.25) is 5.16 Å². The molecule has 0 amide bonds. The van der Waals surface area contributed by atoms with Crippen LogP contribution in [0.5, 0.6) is 0 Å². The summed E-state index contributed by atoms with van der Waals surface area (Å²) in [5.74, 6) is -2.14. The quantitative estimate of drug-likeness (QED) is 0.867. The molecular formula is C13H7F3N4O2S2. The molecule has 1 aromatic heterocycles. The van der Waals surface area contributed by atoms with Crippen LogP contribution in [0.15, 0.2) is 39.9 Å². The molecule has 11 heteroatoms. The smallest absolute Gasteiger partial charge is 0.453 e. The first-order chi connectivity index (χ1) is 11.4. The van der Waals surface area contributed by atoms with E-state index < -0.39 is 23.3 Å². The molecular weight excluding hydrogens is 365 g/mol. The molecule has 2 aliphatic heterocycles. The second-order valence-corrected chi connectivity index (χ2v) is 6.88. The summed E-state index contributed by atoms with van der Waals surface area (Å²) in [6.45, 7) is 0. The maximum Gasteiger partial charge on any atom is 0.453 e. The fourth-order valence-electron chi connectivity index (χ4n) is 2.43. The summed E-state index contributed by atoms with van der Waals surface area (Å²) in [5.41, 5.74) is 0.804. The van der Waals surface area contributed by atoms with E-state index >= 15 is 0 Å². The normalized spacial score (nSPS) is 19.2. The lowest BCUT2D eigenvalue weighted by Crippen LogP contribution is -2.33. The van der Waals surface area contributed by atoms with Gasteiger partial charge < -0.3 is 5.11 Å². The van der Waals surface area contributed by atoms with E-state index in [2.05, 4.69) is 10.2 Å². The van der Waals surface area contributed by atoms with E-state index in [1.807, 2.05) is 0 Å². The number of fused-ring (bicyclic) bond motifs is 3. The maximum atomic E-state index is 13.2. The minimum absolute atomic E-state index is 0.117. The van der Waals surface area contributed by atoms with Crippen LogP contribution in [-0.2, 0) is 6.18 Å². The summed E-state index contributed by atoms with van der Waals surface area (Å²) in [6.07, 6.45) is -4.62. The van der Waals surface area contributed by atoms with Gasteiger partial charge in [0.1, 0.15) is 10.4 Å². The zero-order valence-electron chi connectivity index (χ0n) is 11.6. The van der Waals surface area contributed by atoms with E-state index in [4.69, 9.17) is 5.11 Å². The summed E-state index contributed by atoms with van der Waals surface area (Å²) in [4.78, 5) is 10.9. The zero-order valence-corrected chi connectivity index (χ0v) is 13.2. The molecule has 0 bridgehead atoms. The number of carboxylic acid groups (broad SMARTS) is 1. The molecule has 0 unspecified atom stereocenters. The van der Waals surface area contributed by atoms with Gasteiger partial charge in [-0.05, 0) is 29.5 Å². The molecule has 124 valence electrons. The largest absolute Gasteiger partial charge is 0.478 e. The molecule has 2 aliphatic rings. The second-order valence-electron chi connectivity index (χ2n) is 4.93. The number of aromatic carboxylic acids is 1. The molecule has 0 saturated heterocycles. The molecule has 6 nitrogen and oxygen atoms in total. The third-order valence-corrected chi connectivity index (χ3v) is 5.65. The predicted octanol–water partition coefficient (Wildman–Crippen LogP) is 3.28. The van der Waals surface area contributed by atoms with Crippen molar-refractivity contribution in [2.45, 2.75) is 16.7 Å². The molecule has 1 N–H and O–H groups in total. The standard InChI is InChI=1S/C13H7F3N4O2S2/c14-13(15,16)11-17-18-12-20(11)19-8(24-12)5-23-9(19)6-1-3-7(4-2-6)10(21)22/h1-5,9H,(H,21,22)/t9-/m0/s1. The summed E-state index contributed by atoms with van der Waals surface area (Å²) in [6, 6.07) is 6.05. The van der Waals surface area contributed by atoms with E-state index in [1.54, 1.807) is 17.5 Å². The van der Waals surface area contributed by atoms with Gasteiger partial charge in [-0.2, -0.15) is 13.2 Å². The number of carboxylic acids is 1. The minimum atomic E-state index is -4.62. The number of rotatable bonds is 2. The number of hydrogen-bond acceptors (Lipinski definition) is 6. The van der Waals surface area contributed by atoms with Crippen molar-refractivity contribution in [1.82, 2.24) is 14.9 Å². The molecule has 3 heterocycles. The minimum Gasteiger partial charge on any atom is -0.478 e. The van der Waals surface area contributed by atoms with Gasteiger partial charge in [0.15, 0.2) is 0 Å². The predicted molar refractivity (Wildman–Crippen MR) is 80.9 cm³/mol. The van der Waals surface area contributed by atoms with Crippen LogP contribution in [0.4, 0.5) is 13.2 Å². The number of hydrogen-bond donors (Lipinski definition) is 1. The van der Waals surface area contributed by atoms with Crippen LogP contribution in [0.1, 0.15) is 27.1 Å². The van der Waals surface area contributed by atoms with Crippen LogP contribution >= 0.6 is 23.5 Å². The van der Waals surface area contributed by atoms with Crippen molar-refractivity contribution >= 4 is 29.5 Å². The van der Waals surface area contributed by atoms with Gasteiger partial charge in [0.25, 0.3) is 5.82 Å². The Bertz CT molecular complexity index is 863. The van der Waals surface area contributed by atoms with Gasteiger partial charge in [-0.25, -0.2) is 9.47 Å². The molecule has 1 atom stereocenters. The van der Waals surface area contributed by atoms with Crippen LogP contribution in [0.25, 0.3) is 0 Å². The van der Waals surface area contributed by atoms with Crippen molar-refractivity contribution in [3.8, 4) is 0 Å². The highest BCUT2D eigenvalue weighted by atomic mass is 32.2. The lowest BCUT2D eigenvalue weighted by atomic mass is 10.1. The molecule has 0 saturated carbocycles. The molecule has 0 spiro atoms. The Hall–Kier alpha value is -2.14. The van der Waals surface area contributed by atoms with Crippen LogP contribution in [-0.4, -0.2) is 25.9 Å². The molecule has 24 heavy (non-hydrogen) atoms. The monoisotopic (exact) mass is 372 g/mol. The zero-order chi connectivity index (χ0) is 17.1. The van der Waals surface area contributed by atoms with Crippen LogP contribution < -0.4 is 5.01 Å². The first kappa shape index (κ1) is 15.4. The van der Waals surface area contributed by atoms with Gasteiger partial charge in [-0.3, -0.25) is 5.01 Å². The van der Waals surface area contributed by atoms with Crippen LogP contribution in [0.2, 0.25) is 0 Å². The van der Waals surface area contributed by atoms with Crippen molar-refractivity contribution in [1.29, 1.82) is 0 Å². The molecule has 0 fully saturated rings. The summed E-state index contributed by atoms with van der Waals surface area (Å²) in [5, 5.41) is 19.4. The summed E-state index contributed by atoms with van der Waals surface area (Å²) >= 11 is 2.45. The van der Waals surface area contributed by atoms with Gasteiger partial charge >= 0.3 is 12.1 Å². The van der Waals surface area contributed by atoms with Crippen molar-refractivity contribution in [2.75, 3.05) is 5.01 Å². The summed E-state index contributed by atoms with van der Waals surface area (Å²) < 4.78 is 40.4. The fraction of sp³-hybridized carbons (Fsp3) is 0.154. The Kier molecular flexibility index (Phi) is 3.32. The van der Waals surface area contributed by atoms with Gasteiger partial charge in [0, 0.05) is 5.41 Å². The van der Waals surface area contributed by atoms with E-state index in [-0.39, 0.29) is 10.7 Å². The van der Waals surface area contributed by atoms with Gasteiger partial charge in [0.05, 0.1) is 5.56 Å². The maximum absolute atomic E-state index is 13.2. The Balaban J connectivity index is 1.74. The fourth-order valence-corrected chi connectivity index (χ4v) is 4.65. The number of nitrogens with zero attached hydrogens (tertiary/aromatic N) is 4. The van der Waals surface area contributed by atoms with Gasteiger partial charge in [-0.1, -0.05) is 23.9 Å². The van der Waals surface area contributed by atoms with Crippen molar-refractivity contribution in [2.24, 2.45) is 0 Å². The molecule has 0 aliphatic carbocycles. The van der Waals surface area contributed by atoms with Crippen molar-refractivity contribution in [3.05, 3.63) is 51.7 Å². The number of aromatic nitrogens is 3. The van der Waals surface area contributed by atoms with Crippen LogP contribution in [0.3, 0.4) is 0 Å². The highest BCUT2D eigenvalue weighted by molar-refractivity contribution is 8.07. The van der Waals surface area contributed by atoms with Gasteiger partial charge in [-0.15, -0.1) is 10.2 Å². The lowest BCUT2D eigenvalue weighted by Gasteiger charge is -2.26. The first-order valence-corrected chi connectivity index (χ1v) is 8.31. The Morgan fingerprint density at radius 3 is 2.54 bits per heavy atom. The Labute approximate surface area is 141 Å².